The van der Waals surface area contributed by atoms with E-state index in [-0.39, 0.29) is 19.2 Å². The Hall–Kier alpha value is -2.11. The molecule has 348 valence electrons. The molecule has 0 amide bonds. The first-order valence-corrected chi connectivity index (χ1v) is 24.4. The van der Waals surface area contributed by atoms with Crippen LogP contribution >= 0.6 is 0 Å². The fourth-order valence-corrected chi connectivity index (χ4v) is 7.12. The number of hydrogen-bond acceptors (Lipinski definition) is 9. The molecule has 6 unspecified atom stereocenters. The van der Waals surface area contributed by atoms with Crippen molar-refractivity contribution in [1.82, 2.24) is 0 Å². The van der Waals surface area contributed by atoms with Gasteiger partial charge in [-0.25, -0.2) is 0 Å². The number of aliphatic hydroxyl groups is 4. The number of unbranched alkanes of at least 4 members (excludes halogenated alkanes) is 20. The molecule has 0 spiro atoms. The molecule has 0 aromatic carbocycles. The van der Waals surface area contributed by atoms with Crippen molar-refractivity contribution in [2.75, 3.05) is 26.4 Å². The van der Waals surface area contributed by atoms with Crippen LogP contribution in [0.5, 0.6) is 0 Å². The Morgan fingerprint density at radius 2 is 1.02 bits per heavy atom. The third-order valence-electron chi connectivity index (χ3n) is 10.9. The van der Waals surface area contributed by atoms with E-state index in [1.165, 1.54) is 103 Å². The Morgan fingerprint density at radius 3 is 1.53 bits per heavy atom. The largest absolute Gasteiger partial charge is 0.457 e. The lowest BCUT2D eigenvalue weighted by Crippen LogP contribution is -2.59. The summed E-state index contributed by atoms with van der Waals surface area (Å²) in [6, 6.07) is 0. The lowest BCUT2D eigenvalue weighted by Gasteiger charge is -2.39. The molecule has 0 radical (unpaired) electrons. The maximum Gasteiger partial charge on any atom is 0.306 e. The molecule has 9 nitrogen and oxygen atoms in total. The summed E-state index contributed by atoms with van der Waals surface area (Å²) in [4.78, 5) is 12.8. The van der Waals surface area contributed by atoms with E-state index in [2.05, 4.69) is 74.6 Å². The average Bonchev–Trinajstić information content (AvgIpc) is 3.25. The molecular formula is C51H90O9. The number of rotatable bonds is 41. The SMILES string of the molecule is CC/C=C\C/C=C\C/C=C\CCCCCCCCOCC(COC1OC(CO)C(O)C(O)C1O)OC(=O)CCCCCCCCCCC/C=C\C/C=C\CCCCCCC. The molecule has 9 heteroatoms. The summed E-state index contributed by atoms with van der Waals surface area (Å²) in [7, 11) is 0. The molecule has 6 atom stereocenters. The van der Waals surface area contributed by atoms with Gasteiger partial charge in [-0.15, -0.1) is 0 Å². The molecule has 60 heavy (non-hydrogen) atoms. The molecule has 1 aliphatic heterocycles. The van der Waals surface area contributed by atoms with Crippen LogP contribution in [0.25, 0.3) is 0 Å². The topological polar surface area (TPSA) is 135 Å². The standard InChI is InChI=1S/C51H90O9/c1-3-5-7-9-11-13-15-17-19-21-22-23-24-25-26-28-30-32-34-36-38-40-47(53)59-45(44-58-51-50(56)49(55)48(54)46(42-52)60-51)43-57-41-39-37-35-33-31-29-27-20-18-16-14-12-10-8-6-4-2/h6,8,12,14-15,17-18,20-22,45-46,48-52,54-56H,3-5,7,9-11,13,16,19,23-44H2,1-2H3/b8-6-,14-12-,17-15-,20-18-,22-21-. The van der Waals surface area contributed by atoms with Gasteiger partial charge in [0.25, 0.3) is 0 Å². The minimum Gasteiger partial charge on any atom is -0.457 e. The predicted octanol–water partition coefficient (Wildman–Crippen LogP) is 11.5. The second-order valence-electron chi connectivity index (χ2n) is 16.5. The third kappa shape index (κ3) is 32.6. The molecule has 1 rings (SSSR count). The maximum atomic E-state index is 12.8. The van der Waals surface area contributed by atoms with E-state index in [9.17, 15) is 25.2 Å². The van der Waals surface area contributed by atoms with E-state index < -0.39 is 43.4 Å². The molecule has 1 fully saturated rings. The van der Waals surface area contributed by atoms with E-state index in [4.69, 9.17) is 18.9 Å². The highest BCUT2D eigenvalue weighted by Gasteiger charge is 2.44. The van der Waals surface area contributed by atoms with Gasteiger partial charge in [0.1, 0.15) is 30.5 Å². The number of esters is 1. The second kappa shape index (κ2) is 42.2. The quantitative estimate of drug-likeness (QED) is 0.0269. The van der Waals surface area contributed by atoms with Crippen LogP contribution in [0, 0.1) is 0 Å². The number of aliphatic hydroxyl groups excluding tert-OH is 4. The molecule has 1 saturated heterocycles. The summed E-state index contributed by atoms with van der Waals surface area (Å²) in [5.41, 5.74) is 0. The van der Waals surface area contributed by atoms with Crippen LogP contribution in [-0.4, -0.2) is 89.6 Å². The van der Waals surface area contributed by atoms with Crippen molar-refractivity contribution in [3.05, 3.63) is 60.8 Å². The van der Waals surface area contributed by atoms with Gasteiger partial charge in [0.15, 0.2) is 6.29 Å². The fraction of sp³-hybridized carbons (Fsp3) is 0.784. The summed E-state index contributed by atoms with van der Waals surface area (Å²) in [6.45, 7) is 4.41. The highest BCUT2D eigenvalue weighted by molar-refractivity contribution is 5.69. The highest BCUT2D eigenvalue weighted by atomic mass is 16.7. The van der Waals surface area contributed by atoms with Crippen LogP contribution in [0.15, 0.2) is 60.8 Å². The number of allylic oxidation sites excluding steroid dienone is 10. The normalized spacial score (nSPS) is 20.5. The van der Waals surface area contributed by atoms with Crippen molar-refractivity contribution >= 4 is 5.97 Å². The van der Waals surface area contributed by atoms with Crippen LogP contribution < -0.4 is 0 Å². The van der Waals surface area contributed by atoms with E-state index >= 15 is 0 Å². The Bertz CT molecular complexity index is 1100. The van der Waals surface area contributed by atoms with Crippen LogP contribution in [0.4, 0.5) is 0 Å². The van der Waals surface area contributed by atoms with Gasteiger partial charge in [-0.1, -0.05) is 171 Å². The average molecular weight is 847 g/mol. The van der Waals surface area contributed by atoms with Crippen molar-refractivity contribution in [3.63, 3.8) is 0 Å². The number of ether oxygens (including phenoxy) is 4. The van der Waals surface area contributed by atoms with Gasteiger partial charge in [-0.2, -0.15) is 0 Å². The zero-order valence-electron chi connectivity index (χ0n) is 38.2. The fourth-order valence-electron chi connectivity index (χ4n) is 7.12. The smallest absolute Gasteiger partial charge is 0.306 e. The van der Waals surface area contributed by atoms with Crippen LogP contribution in [0.2, 0.25) is 0 Å². The molecule has 0 aliphatic carbocycles. The van der Waals surface area contributed by atoms with E-state index in [1.807, 2.05) is 0 Å². The first-order valence-electron chi connectivity index (χ1n) is 24.4. The van der Waals surface area contributed by atoms with Crippen LogP contribution in [-0.2, 0) is 23.7 Å². The lowest BCUT2D eigenvalue weighted by atomic mass is 9.99. The van der Waals surface area contributed by atoms with Crippen molar-refractivity contribution in [3.8, 4) is 0 Å². The Balaban J connectivity index is 2.24. The number of carbonyl (C=O) groups excluding carboxylic acids is 1. The Labute approximate surface area is 366 Å². The molecule has 1 heterocycles. The molecule has 1 aliphatic rings. The van der Waals surface area contributed by atoms with Gasteiger partial charge in [0.05, 0.1) is 19.8 Å². The Morgan fingerprint density at radius 1 is 0.550 bits per heavy atom. The van der Waals surface area contributed by atoms with Crippen LogP contribution in [0.1, 0.15) is 194 Å². The minimum absolute atomic E-state index is 0.123. The predicted molar refractivity (Wildman–Crippen MR) is 247 cm³/mol. The molecule has 0 saturated carbocycles. The Kier molecular flexibility index (Phi) is 39.3. The number of hydrogen-bond donors (Lipinski definition) is 4. The zero-order chi connectivity index (χ0) is 43.6. The van der Waals surface area contributed by atoms with Crippen molar-refractivity contribution in [2.45, 2.75) is 230 Å². The van der Waals surface area contributed by atoms with Gasteiger partial charge >= 0.3 is 5.97 Å². The van der Waals surface area contributed by atoms with E-state index in [0.29, 0.717) is 13.0 Å². The van der Waals surface area contributed by atoms with Crippen molar-refractivity contribution in [2.24, 2.45) is 0 Å². The first-order chi connectivity index (χ1) is 29.4. The summed E-state index contributed by atoms with van der Waals surface area (Å²) in [6.07, 6.45) is 46.7. The molecule has 4 N–H and O–H groups in total. The lowest BCUT2D eigenvalue weighted by molar-refractivity contribution is -0.305. The maximum absolute atomic E-state index is 12.8. The third-order valence-corrected chi connectivity index (χ3v) is 10.9. The molecule has 0 bridgehead atoms. The summed E-state index contributed by atoms with van der Waals surface area (Å²) >= 11 is 0. The van der Waals surface area contributed by atoms with Gasteiger partial charge in [0.2, 0.25) is 0 Å². The monoisotopic (exact) mass is 847 g/mol. The minimum atomic E-state index is -1.54. The summed E-state index contributed by atoms with van der Waals surface area (Å²) in [5.74, 6) is -0.324. The van der Waals surface area contributed by atoms with Gasteiger partial charge in [0, 0.05) is 13.0 Å². The number of carbonyl (C=O) groups is 1. The zero-order valence-corrected chi connectivity index (χ0v) is 38.2. The molecule has 0 aromatic heterocycles. The molecule has 0 aromatic rings. The van der Waals surface area contributed by atoms with E-state index in [0.717, 1.165) is 70.6 Å². The van der Waals surface area contributed by atoms with Gasteiger partial charge < -0.3 is 39.4 Å². The van der Waals surface area contributed by atoms with Crippen molar-refractivity contribution in [1.29, 1.82) is 0 Å². The highest BCUT2D eigenvalue weighted by Crippen LogP contribution is 2.22. The summed E-state index contributed by atoms with van der Waals surface area (Å²) < 4.78 is 22.8. The van der Waals surface area contributed by atoms with Crippen LogP contribution in [0.3, 0.4) is 0 Å². The summed E-state index contributed by atoms with van der Waals surface area (Å²) in [5, 5.41) is 40.2. The second-order valence-corrected chi connectivity index (χ2v) is 16.5. The van der Waals surface area contributed by atoms with Gasteiger partial charge in [-0.3, -0.25) is 4.79 Å². The van der Waals surface area contributed by atoms with Gasteiger partial charge in [-0.05, 0) is 77.0 Å². The van der Waals surface area contributed by atoms with Crippen molar-refractivity contribution < 1.29 is 44.2 Å². The first kappa shape index (κ1) is 55.9. The molecular weight excluding hydrogens is 757 g/mol. The van der Waals surface area contributed by atoms with E-state index in [1.54, 1.807) is 0 Å².